The molecule has 1 aliphatic heterocycles. The molecule has 0 aromatic rings. The lowest BCUT2D eigenvalue weighted by Crippen LogP contribution is -2.38. The molecule has 0 saturated carbocycles. The molecule has 0 amide bonds. The summed E-state index contributed by atoms with van der Waals surface area (Å²) in [7, 11) is 0. The third-order valence-corrected chi connectivity index (χ3v) is 2.61. The molecule has 1 saturated heterocycles. The van der Waals surface area contributed by atoms with E-state index in [0.717, 1.165) is 0 Å². The molecule has 0 spiro atoms. The first-order valence-electron chi connectivity index (χ1n) is 5.39. The van der Waals surface area contributed by atoms with Gasteiger partial charge in [-0.25, -0.2) is 0 Å². The highest BCUT2D eigenvalue weighted by molar-refractivity contribution is 5.99. The Bertz CT molecular complexity index is 344. The number of ether oxygens (including phenoxy) is 3. The fourth-order valence-electron chi connectivity index (χ4n) is 2.06. The second-order valence-corrected chi connectivity index (χ2v) is 4.37. The smallest absolute Gasteiger partial charge is 0.232 e. The van der Waals surface area contributed by atoms with E-state index in [9.17, 15) is 9.90 Å². The molecule has 90 valence electrons. The minimum atomic E-state index is -0.785. The first kappa shape index (κ1) is 11.4. The van der Waals surface area contributed by atoms with E-state index in [4.69, 9.17) is 14.2 Å². The van der Waals surface area contributed by atoms with Crippen molar-refractivity contribution in [2.75, 3.05) is 6.61 Å². The number of carbonyl (C=O) groups excluding carboxylic acids is 1. The highest BCUT2D eigenvalue weighted by atomic mass is 16.8. The first-order chi connectivity index (χ1) is 7.44. The number of aliphatic hydroxyl groups is 1. The second-order valence-electron chi connectivity index (χ2n) is 4.37. The minimum Gasteiger partial charge on any atom is -0.508 e. The average molecular weight is 228 g/mol. The largest absolute Gasteiger partial charge is 0.508 e. The minimum absolute atomic E-state index is 0.0186. The van der Waals surface area contributed by atoms with Crippen molar-refractivity contribution in [3.8, 4) is 0 Å². The van der Waals surface area contributed by atoms with E-state index in [1.54, 1.807) is 20.8 Å². The Labute approximate surface area is 94.0 Å². The molecule has 0 unspecified atom stereocenters. The van der Waals surface area contributed by atoms with Gasteiger partial charge in [-0.1, -0.05) is 0 Å². The third-order valence-electron chi connectivity index (χ3n) is 2.61. The summed E-state index contributed by atoms with van der Waals surface area (Å²) >= 11 is 0. The van der Waals surface area contributed by atoms with E-state index in [1.165, 1.54) is 0 Å². The van der Waals surface area contributed by atoms with E-state index in [1.807, 2.05) is 0 Å². The van der Waals surface area contributed by atoms with Crippen LogP contribution in [-0.2, 0) is 19.0 Å². The Balaban J connectivity index is 2.23. The zero-order chi connectivity index (χ0) is 11.9. The Hall–Kier alpha value is -1.07. The van der Waals surface area contributed by atoms with Gasteiger partial charge >= 0.3 is 0 Å². The van der Waals surface area contributed by atoms with Crippen LogP contribution < -0.4 is 0 Å². The third kappa shape index (κ3) is 1.81. The number of hydrogen-bond acceptors (Lipinski definition) is 5. The fourth-order valence-corrected chi connectivity index (χ4v) is 2.06. The molecule has 2 atom stereocenters. The van der Waals surface area contributed by atoms with Gasteiger partial charge in [0.1, 0.15) is 11.9 Å². The van der Waals surface area contributed by atoms with Gasteiger partial charge in [-0.3, -0.25) is 4.79 Å². The fraction of sp³-hybridized carbons (Fsp3) is 0.727. The molecule has 5 nitrogen and oxygen atoms in total. The molecule has 5 heteroatoms. The van der Waals surface area contributed by atoms with Gasteiger partial charge in [-0.15, -0.1) is 0 Å². The average Bonchev–Trinajstić information content (AvgIpc) is 2.48. The van der Waals surface area contributed by atoms with Crippen molar-refractivity contribution < 1.29 is 24.1 Å². The van der Waals surface area contributed by atoms with E-state index in [0.29, 0.717) is 6.61 Å². The molecule has 16 heavy (non-hydrogen) atoms. The molecule has 1 fully saturated rings. The lowest BCUT2D eigenvalue weighted by molar-refractivity contribution is -0.153. The summed E-state index contributed by atoms with van der Waals surface area (Å²) in [5, 5.41) is 9.69. The number of ketones is 1. The number of aliphatic hydroxyl groups excluding tert-OH is 1. The Morgan fingerprint density at radius 1 is 1.50 bits per heavy atom. The van der Waals surface area contributed by atoms with Crippen molar-refractivity contribution in [1.29, 1.82) is 0 Å². The van der Waals surface area contributed by atoms with Crippen LogP contribution in [-0.4, -0.2) is 35.5 Å². The number of carbonyl (C=O) groups is 1. The Morgan fingerprint density at radius 2 is 2.19 bits per heavy atom. The number of hydrogen-bond donors (Lipinski definition) is 1. The maximum absolute atomic E-state index is 11.9. The van der Waals surface area contributed by atoms with Crippen LogP contribution in [0.1, 0.15) is 27.2 Å². The van der Waals surface area contributed by atoms with Gasteiger partial charge in [0.05, 0.1) is 6.61 Å². The van der Waals surface area contributed by atoms with Gasteiger partial charge in [0.25, 0.3) is 0 Å². The summed E-state index contributed by atoms with van der Waals surface area (Å²) in [5.74, 6) is -1.15. The first-order valence-corrected chi connectivity index (χ1v) is 5.39. The topological polar surface area (TPSA) is 65.0 Å². The summed E-state index contributed by atoms with van der Waals surface area (Å²) in [6.45, 7) is 5.59. The molecular formula is C11H16O5. The number of Topliss-reactive ketones (excluding diaryl/α,β-unsaturated/α-hetero) is 1. The molecule has 0 aromatic heterocycles. The van der Waals surface area contributed by atoms with Crippen LogP contribution in [0.15, 0.2) is 11.5 Å². The van der Waals surface area contributed by atoms with Crippen LogP contribution in [0.5, 0.6) is 0 Å². The normalized spacial score (nSPS) is 32.8. The van der Waals surface area contributed by atoms with Crippen LogP contribution in [0.2, 0.25) is 0 Å². The monoisotopic (exact) mass is 228 g/mol. The number of rotatable bonds is 2. The van der Waals surface area contributed by atoms with Gasteiger partial charge in [-0.05, 0) is 20.8 Å². The van der Waals surface area contributed by atoms with Crippen LogP contribution in [0.4, 0.5) is 0 Å². The van der Waals surface area contributed by atoms with E-state index in [-0.39, 0.29) is 23.7 Å². The zero-order valence-electron chi connectivity index (χ0n) is 9.65. The molecule has 1 N–H and O–H groups in total. The maximum Gasteiger partial charge on any atom is 0.232 e. The van der Waals surface area contributed by atoms with Gasteiger partial charge in [0.2, 0.25) is 11.5 Å². The van der Waals surface area contributed by atoms with Crippen molar-refractivity contribution in [2.45, 2.75) is 45.2 Å². The van der Waals surface area contributed by atoms with Gasteiger partial charge in [0.15, 0.2) is 11.9 Å². The van der Waals surface area contributed by atoms with E-state index in [2.05, 4.69) is 0 Å². The quantitative estimate of drug-likeness (QED) is 0.771. The summed E-state index contributed by atoms with van der Waals surface area (Å²) < 4.78 is 16.1. The van der Waals surface area contributed by atoms with Gasteiger partial charge in [0, 0.05) is 6.42 Å². The lowest BCUT2D eigenvalue weighted by atomic mass is 9.97. The molecule has 2 rings (SSSR count). The van der Waals surface area contributed by atoms with Crippen LogP contribution in [0.25, 0.3) is 0 Å². The Morgan fingerprint density at radius 3 is 2.81 bits per heavy atom. The van der Waals surface area contributed by atoms with Gasteiger partial charge < -0.3 is 19.3 Å². The lowest BCUT2D eigenvalue weighted by Gasteiger charge is -2.23. The van der Waals surface area contributed by atoms with E-state index < -0.39 is 18.0 Å². The Kier molecular flexibility index (Phi) is 2.67. The predicted molar refractivity (Wildman–Crippen MR) is 54.7 cm³/mol. The van der Waals surface area contributed by atoms with Crippen molar-refractivity contribution >= 4 is 5.78 Å². The van der Waals surface area contributed by atoms with Crippen molar-refractivity contribution in [2.24, 2.45) is 0 Å². The van der Waals surface area contributed by atoms with Gasteiger partial charge in [-0.2, -0.15) is 0 Å². The molecule has 0 bridgehead atoms. The summed E-state index contributed by atoms with van der Waals surface area (Å²) in [4.78, 5) is 11.9. The highest BCUT2D eigenvalue weighted by Crippen LogP contribution is 2.36. The maximum atomic E-state index is 11.9. The van der Waals surface area contributed by atoms with Crippen molar-refractivity contribution in [3.05, 3.63) is 11.5 Å². The molecule has 2 aliphatic rings. The van der Waals surface area contributed by atoms with Crippen molar-refractivity contribution in [3.63, 3.8) is 0 Å². The van der Waals surface area contributed by atoms with Crippen LogP contribution >= 0.6 is 0 Å². The van der Waals surface area contributed by atoms with Crippen molar-refractivity contribution in [1.82, 2.24) is 0 Å². The second kappa shape index (κ2) is 3.75. The zero-order valence-corrected chi connectivity index (χ0v) is 9.65. The van der Waals surface area contributed by atoms with Crippen LogP contribution in [0, 0.1) is 0 Å². The number of fused-ring (bicyclic) bond motifs is 1. The molecule has 1 heterocycles. The molecule has 0 radical (unpaired) electrons. The summed E-state index contributed by atoms with van der Waals surface area (Å²) in [6.07, 6.45) is -0.811. The predicted octanol–water partition coefficient (Wildman–Crippen LogP) is 1.29. The SMILES string of the molecule is CCOC1=C(O)C[C@@H]2OC(C)(C)O[C@@H]2C1=O. The summed E-state index contributed by atoms with van der Waals surface area (Å²) in [5.41, 5.74) is 0. The summed E-state index contributed by atoms with van der Waals surface area (Å²) in [6, 6.07) is 0. The van der Waals surface area contributed by atoms with Crippen LogP contribution in [0.3, 0.4) is 0 Å². The van der Waals surface area contributed by atoms with E-state index >= 15 is 0 Å². The molecule has 1 aliphatic carbocycles. The molecule has 0 aromatic carbocycles. The molecular weight excluding hydrogens is 212 g/mol. The highest BCUT2D eigenvalue weighted by Gasteiger charge is 2.50. The standard InChI is InChI=1S/C11H16O5/c1-4-14-9-6(12)5-7-10(8(9)13)16-11(2,3)15-7/h7,10,12H,4-5H2,1-3H3/t7-,10-/m0/s1.